The van der Waals surface area contributed by atoms with E-state index in [1.807, 2.05) is 0 Å². The number of nitrogens with two attached hydrogens (primary N) is 1. The third-order valence-electron chi connectivity index (χ3n) is 1.01. The second-order valence-corrected chi connectivity index (χ2v) is 1.81. The van der Waals surface area contributed by atoms with E-state index in [1.165, 1.54) is 18.5 Å². The van der Waals surface area contributed by atoms with Gasteiger partial charge in [0.25, 0.3) is 0 Å². The summed E-state index contributed by atoms with van der Waals surface area (Å²) in [6.07, 6.45) is 2.64. The zero-order valence-corrected chi connectivity index (χ0v) is 6.34. The number of pyridine rings is 1. The second-order valence-electron chi connectivity index (χ2n) is 1.81. The fourth-order valence-corrected chi connectivity index (χ4v) is 0.575. The van der Waals surface area contributed by atoms with Crippen LogP contribution in [-0.4, -0.2) is 16.1 Å². The quantitative estimate of drug-likeness (QED) is 0.660. The number of hydrogen-bond donors (Lipinski definition) is 2. The molecule has 1 rings (SSSR count). The maximum Gasteiger partial charge on any atom is 0.337 e. The minimum Gasteiger partial charge on any atom is -0.478 e. The normalized spacial score (nSPS) is 8.36. The molecule has 1 aromatic rings. The molecule has 5 heteroatoms. The number of carboxylic acid groups (broad SMARTS) is 1. The molecule has 1 aromatic heterocycles. The van der Waals surface area contributed by atoms with Gasteiger partial charge in [0.2, 0.25) is 0 Å². The third kappa shape index (κ3) is 2.43. The molecule has 0 aliphatic heterocycles. The minimum atomic E-state index is -1.01. The van der Waals surface area contributed by atoms with Gasteiger partial charge in [0.1, 0.15) is 0 Å². The number of aromatic carboxylic acids is 1. The van der Waals surface area contributed by atoms with Crippen molar-refractivity contribution >= 4 is 24.1 Å². The van der Waals surface area contributed by atoms with Gasteiger partial charge >= 0.3 is 5.97 Å². The zero-order chi connectivity index (χ0) is 7.56. The van der Waals surface area contributed by atoms with E-state index in [9.17, 15) is 4.79 Å². The molecule has 0 radical (unpaired) electrons. The van der Waals surface area contributed by atoms with Crippen LogP contribution in [-0.2, 0) is 0 Å². The van der Waals surface area contributed by atoms with E-state index < -0.39 is 5.97 Å². The van der Waals surface area contributed by atoms with Gasteiger partial charge in [0, 0.05) is 12.4 Å². The molecular weight excluding hydrogens is 168 g/mol. The SMILES string of the molecule is Cl.Nc1cncc(C(=O)O)c1. The van der Waals surface area contributed by atoms with Gasteiger partial charge in [-0.15, -0.1) is 12.4 Å². The Bertz CT molecular complexity index is 265. The fraction of sp³-hybridized carbons (Fsp3) is 0. The highest BCUT2D eigenvalue weighted by Crippen LogP contribution is 2.02. The summed E-state index contributed by atoms with van der Waals surface area (Å²) in [5.41, 5.74) is 5.74. The first-order chi connectivity index (χ1) is 4.70. The Morgan fingerprint density at radius 3 is 2.55 bits per heavy atom. The lowest BCUT2D eigenvalue weighted by atomic mass is 10.3. The molecule has 11 heavy (non-hydrogen) atoms. The summed E-state index contributed by atoms with van der Waals surface area (Å²) in [6, 6.07) is 1.36. The fourth-order valence-electron chi connectivity index (χ4n) is 0.575. The number of hydrogen-bond acceptors (Lipinski definition) is 3. The Morgan fingerprint density at radius 2 is 2.18 bits per heavy atom. The van der Waals surface area contributed by atoms with E-state index in [-0.39, 0.29) is 18.0 Å². The van der Waals surface area contributed by atoms with Crippen LogP contribution in [0.15, 0.2) is 18.5 Å². The molecule has 0 atom stereocenters. The van der Waals surface area contributed by atoms with Crippen LogP contribution < -0.4 is 5.73 Å². The molecule has 0 saturated carbocycles. The van der Waals surface area contributed by atoms with Crippen molar-refractivity contribution in [1.82, 2.24) is 4.98 Å². The molecule has 1 heterocycles. The van der Waals surface area contributed by atoms with Gasteiger partial charge in [-0.1, -0.05) is 0 Å². The number of carbonyl (C=O) groups is 1. The van der Waals surface area contributed by atoms with E-state index in [2.05, 4.69) is 4.98 Å². The average molecular weight is 175 g/mol. The van der Waals surface area contributed by atoms with Gasteiger partial charge < -0.3 is 10.8 Å². The van der Waals surface area contributed by atoms with Crippen molar-refractivity contribution in [2.75, 3.05) is 5.73 Å². The van der Waals surface area contributed by atoms with Crippen molar-refractivity contribution in [1.29, 1.82) is 0 Å². The first-order valence-electron chi connectivity index (χ1n) is 2.64. The van der Waals surface area contributed by atoms with Crippen molar-refractivity contribution < 1.29 is 9.90 Å². The van der Waals surface area contributed by atoms with Crippen LogP contribution in [0.3, 0.4) is 0 Å². The molecular formula is C6H7ClN2O2. The van der Waals surface area contributed by atoms with E-state index in [1.54, 1.807) is 0 Å². The topological polar surface area (TPSA) is 76.2 Å². The minimum absolute atomic E-state index is 0. The Labute approximate surface area is 69.5 Å². The smallest absolute Gasteiger partial charge is 0.337 e. The number of anilines is 1. The first-order valence-corrected chi connectivity index (χ1v) is 2.64. The molecule has 0 aromatic carbocycles. The predicted octanol–water partition coefficient (Wildman–Crippen LogP) is 0.784. The first kappa shape index (κ1) is 9.71. The highest BCUT2D eigenvalue weighted by molar-refractivity contribution is 5.88. The lowest BCUT2D eigenvalue weighted by Gasteiger charge is -1.92. The number of nitrogens with zero attached hydrogens (tertiary/aromatic N) is 1. The monoisotopic (exact) mass is 174 g/mol. The second kappa shape index (κ2) is 3.78. The summed E-state index contributed by atoms with van der Waals surface area (Å²) in [5.74, 6) is -1.01. The summed E-state index contributed by atoms with van der Waals surface area (Å²) < 4.78 is 0. The van der Waals surface area contributed by atoms with Gasteiger partial charge in [-0.05, 0) is 6.07 Å². The van der Waals surface area contributed by atoms with Crippen LogP contribution >= 0.6 is 12.4 Å². The van der Waals surface area contributed by atoms with Crippen molar-refractivity contribution in [3.63, 3.8) is 0 Å². The van der Waals surface area contributed by atoms with Crippen LogP contribution in [0.25, 0.3) is 0 Å². The van der Waals surface area contributed by atoms with Gasteiger partial charge in [-0.25, -0.2) is 4.79 Å². The van der Waals surface area contributed by atoms with E-state index in [4.69, 9.17) is 10.8 Å². The molecule has 0 aliphatic rings. The highest BCUT2D eigenvalue weighted by atomic mass is 35.5. The molecule has 0 saturated heterocycles. The Balaban J connectivity index is 0.000001000. The number of rotatable bonds is 1. The third-order valence-corrected chi connectivity index (χ3v) is 1.01. The molecule has 3 N–H and O–H groups in total. The van der Waals surface area contributed by atoms with Crippen molar-refractivity contribution in [3.8, 4) is 0 Å². The van der Waals surface area contributed by atoms with E-state index in [0.29, 0.717) is 5.69 Å². The molecule has 0 spiro atoms. The summed E-state index contributed by atoms with van der Waals surface area (Å²) in [6.45, 7) is 0. The number of aromatic nitrogens is 1. The molecule has 0 aliphatic carbocycles. The van der Waals surface area contributed by atoms with Crippen LogP contribution in [0, 0.1) is 0 Å². The number of halogens is 1. The van der Waals surface area contributed by atoms with Gasteiger partial charge in [0.15, 0.2) is 0 Å². The van der Waals surface area contributed by atoms with E-state index in [0.717, 1.165) is 0 Å². The van der Waals surface area contributed by atoms with Crippen molar-refractivity contribution in [2.24, 2.45) is 0 Å². The number of nitrogen functional groups attached to an aromatic ring is 1. The van der Waals surface area contributed by atoms with Gasteiger partial charge in [0.05, 0.1) is 11.3 Å². The Kier molecular flexibility index (Phi) is 3.33. The van der Waals surface area contributed by atoms with Crippen LogP contribution in [0.2, 0.25) is 0 Å². The van der Waals surface area contributed by atoms with Crippen molar-refractivity contribution in [2.45, 2.75) is 0 Å². The molecule has 60 valence electrons. The molecule has 0 bridgehead atoms. The molecule has 0 fully saturated rings. The largest absolute Gasteiger partial charge is 0.478 e. The molecule has 0 amide bonds. The summed E-state index contributed by atoms with van der Waals surface area (Å²) in [5, 5.41) is 8.41. The Morgan fingerprint density at radius 1 is 1.55 bits per heavy atom. The maximum absolute atomic E-state index is 10.3. The van der Waals surface area contributed by atoms with Gasteiger partial charge in [-0.2, -0.15) is 0 Å². The molecule has 0 unspecified atom stereocenters. The average Bonchev–Trinajstić information content (AvgIpc) is 1.88. The summed E-state index contributed by atoms with van der Waals surface area (Å²) in [4.78, 5) is 13.9. The Hall–Kier alpha value is -1.29. The van der Waals surface area contributed by atoms with Crippen LogP contribution in [0.4, 0.5) is 5.69 Å². The van der Waals surface area contributed by atoms with Crippen molar-refractivity contribution in [3.05, 3.63) is 24.0 Å². The van der Waals surface area contributed by atoms with Crippen LogP contribution in [0.5, 0.6) is 0 Å². The number of carboxylic acids is 1. The standard InChI is InChI=1S/C6H6N2O2.ClH/c7-5-1-4(6(9)10)2-8-3-5;/h1-3H,7H2,(H,9,10);1H. The lowest BCUT2D eigenvalue weighted by molar-refractivity contribution is 0.0696. The van der Waals surface area contributed by atoms with E-state index >= 15 is 0 Å². The summed E-state index contributed by atoms with van der Waals surface area (Å²) in [7, 11) is 0. The highest BCUT2D eigenvalue weighted by Gasteiger charge is 2.00. The van der Waals surface area contributed by atoms with Gasteiger partial charge in [-0.3, -0.25) is 4.98 Å². The maximum atomic E-state index is 10.3. The summed E-state index contributed by atoms with van der Waals surface area (Å²) >= 11 is 0. The lowest BCUT2D eigenvalue weighted by Crippen LogP contribution is -1.98. The van der Waals surface area contributed by atoms with Crippen LogP contribution in [0.1, 0.15) is 10.4 Å². The zero-order valence-electron chi connectivity index (χ0n) is 5.52. The molecule has 4 nitrogen and oxygen atoms in total. The predicted molar refractivity (Wildman–Crippen MR) is 42.9 cm³/mol.